The highest BCUT2D eigenvalue weighted by molar-refractivity contribution is 7.15. The van der Waals surface area contributed by atoms with Crippen molar-refractivity contribution in [2.75, 3.05) is 17.7 Å². The first-order valence-corrected chi connectivity index (χ1v) is 5.80. The van der Waals surface area contributed by atoms with Gasteiger partial charge in [0.05, 0.1) is 17.8 Å². The summed E-state index contributed by atoms with van der Waals surface area (Å²) in [5.74, 6) is 0. The van der Waals surface area contributed by atoms with Crippen LogP contribution in [0.5, 0.6) is 0 Å². The highest BCUT2D eigenvalue weighted by atomic mass is 32.1. The van der Waals surface area contributed by atoms with Crippen molar-refractivity contribution in [2.24, 2.45) is 0 Å². The molecule has 0 amide bonds. The second-order valence-corrected chi connectivity index (χ2v) is 4.61. The standard InChI is InChI=1S/C11H11N5S/c1-16(7-10-14-15-11(13)17-10)9-5-3-2-4-8(9)6-12/h2-5H,7H2,1H3,(H2,13,15). The van der Waals surface area contributed by atoms with Crippen LogP contribution < -0.4 is 10.6 Å². The molecule has 0 aliphatic heterocycles. The molecule has 1 aromatic carbocycles. The number of benzene rings is 1. The van der Waals surface area contributed by atoms with E-state index < -0.39 is 0 Å². The molecule has 0 aliphatic rings. The molecule has 0 fully saturated rings. The van der Waals surface area contributed by atoms with Crippen LogP contribution in [0, 0.1) is 11.3 Å². The van der Waals surface area contributed by atoms with Gasteiger partial charge >= 0.3 is 0 Å². The molecule has 6 heteroatoms. The fourth-order valence-corrected chi connectivity index (χ4v) is 2.18. The van der Waals surface area contributed by atoms with E-state index in [1.807, 2.05) is 30.1 Å². The van der Waals surface area contributed by atoms with Gasteiger partial charge in [-0.05, 0) is 12.1 Å². The molecule has 0 unspecified atom stereocenters. The Hall–Kier alpha value is -2.13. The molecule has 0 aliphatic carbocycles. The molecule has 0 atom stereocenters. The molecule has 0 saturated carbocycles. The maximum absolute atomic E-state index is 9.02. The number of nitrogens with two attached hydrogens (primary N) is 1. The summed E-state index contributed by atoms with van der Waals surface area (Å²) in [7, 11) is 1.91. The van der Waals surface area contributed by atoms with E-state index in [0.29, 0.717) is 17.2 Å². The summed E-state index contributed by atoms with van der Waals surface area (Å²) >= 11 is 1.36. The number of nitrogen functional groups attached to an aromatic ring is 1. The Labute approximate surface area is 103 Å². The van der Waals surface area contributed by atoms with E-state index in [2.05, 4.69) is 16.3 Å². The normalized spacial score (nSPS) is 9.88. The Balaban J connectivity index is 2.20. The van der Waals surface area contributed by atoms with Crippen LogP contribution in [0.3, 0.4) is 0 Å². The number of para-hydroxylation sites is 1. The van der Waals surface area contributed by atoms with Gasteiger partial charge in [0.25, 0.3) is 0 Å². The summed E-state index contributed by atoms with van der Waals surface area (Å²) in [6.07, 6.45) is 0. The Morgan fingerprint density at radius 2 is 2.18 bits per heavy atom. The van der Waals surface area contributed by atoms with Gasteiger partial charge in [-0.3, -0.25) is 0 Å². The number of nitriles is 1. The molecule has 0 spiro atoms. The molecule has 2 rings (SSSR count). The van der Waals surface area contributed by atoms with E-state index in [9.17, 15) is 0 Å². The SMILES string of the molecule is CN(Cc1nnc(N)s1)c1ccccc1C#N. The third kappa shape index (κ3) is 2.52. The Morgan fingerprint density at radius 3 is 2.82 bits per heavy atom. The first-order chi connectivity index (χ1) is 8.20. The van der Waals surface area contributed by atoms with E-state index in [4.69, 9.17) is 11.0 Å². The predicted octanol–water partition coefficient (Wildman–Crippen LogP) is 1.63. The summed E-state index contributed by atoms with van der Waals surface area (Å²) < 4.78 is 0. The van der Waals surface area contributed by atoms with E-state index >= 15 is 0 Å². The van der Waals surface area contributed by atoms with E-state index in [0.717, 1.165) is 10.7 Å². The fourth-order valence-electron chi connectivity index (χ4n) is 1.52. The second-order valence-electron chi connectivity index (χ2n) is 3.52. The van der Waals surface area contributed by atoms with E-state index in [-0.39, 0.29) is 0 Å². The number of hydrogen-bond donors (Lipinski definition) is 1. The van der Waals surface area contributed by atoms with Gasteiger partial charge in [0.15, 0.2) is 0 Å². The van der Waals surface area contributed by atoms with E-state index in [1.54, 1.807) is 6.07 Å². The first-order valence-electron chi connectivity index (χ1n) is 4.99. The Bertz CT molecular complexity index is 557. The van der Waals surface area contributed by atoms with Crippen LogP contribution in [0.15, 0.2) is 24.3 Å². The zero-order valence-corrected chi connectivity index (χ0v) is 10.1. The van der Waals surface area contributed by atoms with Crippen LogP contribution in [-0.4, -0.2) is 17.2 Å². The highest BCUT2D eigenvalue weighted by Gasteiger charge is 2.09. The topological polar surface area (TPSA) is 78.8 Å². The molecule has 0 radical (unpaired) electrons. The van der Waals surface area contributed by atoms with Crippen molar-refractivity contribution in [1.29, 1.82) is 5.26 Å². The highest BCUT2D eigenvalue weighted by Crippen LogP contribution is 2.21. The number of aromatic nitrogens is 2. The van der Waals surface area contributed by atoms with Gasteiger partial charge in [0.1, 0.15) is 11.1 Å². The summed E-state index contributed by atoms with van der Waals surface area (Å²) in [5.41, 5.74) is 7.05. The van der Waals surface area contributed by atoms with E-state index in [1.165, 1.54) is 11.3 Å². The summed E-state index contributed by atoms with van der Waals surface area (Å²) in [6, 6.07) is 9.62. The van der Waals surface area contributed by atoms with Gasteiger partial charge < -0.3 is 10.6 Å². The minimum atomic E-state index is 0.460. The average molecular weight is 245 g/mol. The second kappa shape index (κ2) is 4.80. The lowest BCUT2D eigenvalue weighted by atomic mass is 10.2. The maximum Gasteiger partial charge on any atom is 0.203 e. The predicted molar refractivity (Wildman–Crippen MR) is 67.6 cm³/mol. The molecule has 5 nitrogen and oxygen atoms in total. The van der Waals surface area contributed by atoms with Crippen molar-refractivity contribution in [2.45, 2.75) is 6.54 Å². The zero-order chi connectivity index (χ0) is 12.3. The molecular formula is C11H11N5S. The minimum Gasteiger partial charge on any atom is -0.374 e. The summed E-state index contributed by atoms with van der Waals surface area (Å²) in [5, 5.41) is 18.0. The van der Waals surface area contributed by atoms with Crippen LogP contribution in [0.1, 0.15) is 10.6 Å². The summed E-state index contributed by atoms with van der Waals surface area (Å²) in [4.78, 5) is 1.96. The molecule has 17 heavy (non-hydrogen) atoms. The van der Waals surface area contributed by atoms with Crippen molar-refractivity contribution < 1.29 is 0 Å². The van der Waals surface area contributed by atoms with Gasteiger partial charge in [0, 0.05) is 7.05 Å². The molecule has 2 aromatic rings. The van der Waals surface area contributed by atoms with Crippen LogP contribution >= 0.6 is 11.3 Å². The van der Waals surface area contributed by atoms with Crippen molar-refractivity contribution >= 4 is 22.2 Å². The lowest BCUT2D eigenvalue weighted by molar-refractivity contribution is 0.880. The zero-order valence-electron chi connectivity index (χ0n) is 9.29. The molecule has 86 valence electrons. The lowest BCUT2D eigenvalue weighted by Gasteiger charge is -2.18. The van der Waals surface area contributed by atoms with Crippen molar-refractivity contribution in [3.05, 3.63) is 34.8 Å². The van der Waals surface area contributed by atoms with Crippen molar-refractivity contribution in [3.63, 3.8) is 0 Å². The van der Waals surface area contributed by atoms with Gasteiger partial charge in [-0.2, -0.15) is 5.26 Å². The number of rotatable bonds is 3. The molecule has 1 aromatic heterocycles. The number of nitrogens with zero attached hydrogens (tertiary/aromatic N) is 4. The minimum absolute atomic E-state index is 0.460. The first kappa shape index (κ1) is 11.4. The van der Waals surface area contributed by atoms with Crippen LogP contribution in [0.2, 0.25) is 0 Å². The fraction of sp³-hybridized carbons (Fsp3) is 0.182. The van der Waals surface area contributed by atoms with Crippen LogP contribution in [0.25, 0.3) is 0 Å². The van der Waals surface area contributed by atoms with Crippen molar-refractivity contribution in [3.8, 4) is 6.07 Å². The monoisotopic (exact) mass is 245 g/mol. The summed E-state index contributed by atoms with van der Waals surface area (Å²) in [6.45, 7) is 0.591. The van der Waals surface area contributed by atoms with Gasteiger partial charge in [-0.25, -0.2) is 0 Å². The average Bonchev–Trinajstić information content (AvgIpc) is 2.74. The molecule has 0 bridgehead atoms. The molecule has 0 saturated heterocycles. The quantitative estimate of drug-likeness (QED) is 0.889. The molecule has 1 heterocycles. The lowest BCUT2D eigenvalue weighted by Crippen LogP contribution is -2.17. The Kier molecular flexibility index (Phi) is 3.21. The third-order valence-corrected chi connectivity index (χ3v) is 3.03. The molecule has 2 N–H and O–H groups in total. The van der Waals surface area contributed by atoms with Crippen LogP contribution in [0.4, 0.5) is 10.8 Å². The van der Waals surface area contributed by atoms with Gasteiger partial charge in [-0.15, -0.1) is 10.2 Å². The third-order valence-electron chi connectivity index (χ3n) is 2.29. The van der Waals surface area contributed by atoms with Crippen LogP contribution in [-0.2, 0) is 6.54 Å². The maximum atomic E-state index is 9.02. The molecular weight excluding hydrogens is 234 g/mol. The largest absolute Gasteiger partial charge is 0.374 e. The van der Waals surface area contributed by atoms with Gasteiger partial charge in [0.2, 0.25) is 5.13 Å². The smallest absolute Gasteiger partial charge is 0.203 e. The number of hydrogen-bond acceptors (Lipinski definition) is 6. The van der Waals surface area contributed by atoms with Crippen molar-refractivity contribution in [1.82, 2.24) is 10.2 Å². The Morgan fingerprint density at radius 1 is 1.41 bits per heavy atom. The number of anilines is 2. The van der Waals surface area contributed by atoms with Gasteiger partial charge in [-0.1, -0.05) is 23.5 Å².